The molecular formula is C18H16N4O3S. The minimum absolute atomic E-state index is 0.103. The smallest absolute Gasteiger partial charge is 0.356 e. The number of amides is 1. The number of hydrogen-bond acceptors (Lipinski definition) is 5. The standard InChI is InChI=1S/C18H16N4O3S/c23-17-15-9-14(18(24)25)20-22(15)7-6-21(17)10-13-11-26-16(19-13)8-12-4-2-1-3-5-12/h1-5,9,11H,6-8,10H2,(H,24,25). The molecule has 3 aromatic rings. The van der Waals surface area contributed by atoms with E-state index in [4.69, 9.17) is 5.11 Å². The van der Waals surface area contributed by atoms with Crippen molar-refractivity contribution in [1.82, 2.24) is 19.7 Å². The van der Waals surface area contributed by atoms with Crippen LogP contribution in [-0.2, 0) is 19.5 Å². The molecule has 0 saturated carbocycles. The Kier molecular flexibility index (Phi) is 4.26. The van der Waals surface area contributed by atoms with Crippen molar-refractivity contribution in [3.63, 3.8) is 0 Å². The number of aromatic carboxylic acids is 1. The van der Waals surface area contributed by atoms with E-state index in [1.807, 2.05) is 23.6 Å². The summed E-state index contributed by atoms with van der Waals surface area (Å²) in [5.41, 5.74) is 2.26. The lowest BCUT2D eigenvalue weighted by molar-refractivity contribution is 0.0669. The molecule has 0 fully saturated rings. The van der Waals surface area contributed by atoms with Crippen molar-refractivity contribution in [3.8, 4) is 0 Å². The van der Waals surface area contributed by atoms with Gasteiger partial charge in [-0.1, -0.05) is 30.3 Å². The monoisotopic (exact) mass is 368 g/mol. The number of aromatic nitrogens is 3. The maximum absolute atomic E-state index is 12.6. The minimum Gasteiger partial charge on any atom is -0.476 e. The zero-order valence-electron chi connectivity index (χ0n) is 13.8. The van der Waals surface area contributed by atoms with Crippen molar-refractivity contribution in [2.24, 2.45) is 0 Å². The number of hydrogen-bond donors (Lipinski definition) is 1. The Morgan fingerprint density at radius 2 is 2.04 bits per heavy atom. The molecule has 1 aromatic carbocycles. The first-order valence-electron chi connectivity index (χ1n) is 8.18. The van der Waals surface area contributed by atoms with Crippen LogP contribution < -0.4 is 0 Å². The number of benzene rings is 1. The predicted molar refractivity (Wildman–Crippen MR) is 95.3 cm³/mol. The molecule has 0 unspecified atom stereocenters. The second kappa shape index (κ2) is 6.72. The van der Waals surface area contributed by atoms with Gasteiger partial charge in [-0.3, -0.25) is 9.48 Å². The number of rotatable bonds is 5. The highest BCUT2D eigenvalue weighted by atomic mass is 32.1. The lowest BCUT2D eigenvalue weighted by Crippen LogP contribution is -2.39. The number of carboxylic acid groups (broad SMARTS) is 1. The average molecular weight is 368 g/mol. The fourth-order valence-electron chi connectivity index (χ4n) is 2.96. The van der Waals surface area contributed by atoms with Crippen LogP contribution in [0.3, 0.4) is 0 Å². The molecule has 1 N–H and O–H groups in total. The Hall–Kier alpha value is -3.00. The average Bonchev–Trinajstić information content (AvgIpc) is 3.26. The molecule has 4 rings (SSSR count). The zero-order chi connectivity index (χ0) is 18.1. The van der Waals surface area contributed by atoms with Gasteiger partial charge in [-0.25, -0.2) is 9.78 Å². The van der Waals surface area contributed by atoms with Gasteiger partial charge in [-0.2, -0.15) is 5.10 Å². The van der Waals surface area contributed by atoms with Crippen LogP contribution in [0, 0.1) is 0 Å². The van der Waals surface area contributed by atoms with Crippen molar-refractivity contribution < 1.29 is 14.7 Å². The maximum Gasteiger partial charge on any atom is 0.356 e. The van der Waals surface area contributed by atoms with Gasteiger partial charge in [-0.05, 0) is 5.56 Å². The first kappa shape index (κ1) is 16.5. The van der Waals surface area contributed by atoms with Crippen LogP contribution in [0.15, 0.2) is 41.8 Å². The summed E-state index contributed by atoms with van der Waals surface area (Å²) >= 11 is 1.58. The van der Waals surface area contributed by atoms with Crippen molar-refractivity contribution >= 4 is 23.2 Å². The van der Waals surface area contributed by atoms with Gasteiger partial charge in [0.25, 0.3) is 5.91 Å². The lowest BCUT2D eigenvalue weighted by Gasteiger charge is -2.26. The summed E-state index contributed by atoms with van der Waals surface area (Å²) in [6.45, 7) is 1.38. The second-order valence-electron chi connectivity index (χ2n) is 6.06. The molecule has 8 heteroatoms. The molecule has 0 aliphatic carbocycles. The van der Waals surface area contributed by atoms with E-state index < -0.39 is 5.97 Å². The summed E-state index contributed by atoms with van der Waals surface area (Å²) in [6, 6.07) is 11.5. The van der Waals surface area contributed by atoms with Gasteiger partial charge in [0.2, 0.25) is 0 Å². The first-order valence-corrected chi connectivity index (χ1v) is 9.06. The van der Waals surface area contributed by atoms with Crippen LogP contribution in [-0.4, -0.2) is 43.2 Å². The summed E-state index contributed by atoms with van der Waals surface area (Å²) in [4.78, 5) is 30.0. The summed E-state index contributed by atoms with van der Waals surface area (Å²) in [7, 11) is 0. The highest BCUT2D eigenvalue weighted by Gasteiger charge is 2.28. The highest BCUT2D eigenvalue weighted by Crippen LogP contribution is 2.19. The molecule has 1 aliphatic heterocycles. The van der Waals surface area contributed by atoms with Crippen molar-refractivity contribution in [2.45, 2.75) is 19.5 Å². The minimum atomic E-state index is -1.13. The Labute approximate surface area is 153 Å². The molecule has 132 valence electrons. The van der Waals surface area contributed by atoms with E-state index in [0.29, 0.717) is 25.3 Å². The van der Waals surface area contributed by atoms with Gasteiger partial charge in [-0.15, -0.1) is 11.3 Å². The van der Waals surface area contributed by atoms with Crippen molar-refractivity contribution in [3.05, 3.63) is 69.4 Å². The quantitative estimate of drug-likeness (QED) is 0.746. The summed E-state index contributed by atoms with van der Waals surface area (Å²) in [5.74, 6) is -1.34. The molecule has 0 bridgehead atoms. The van der Waals surface area contributed by atoms with E-state index >= 15 is 0 Å². The predicted octanol–water partition coefficient (Wildman–Crippen LogP) is 2.28. The Morgan fingerprint density at radius 1 is 1.23 bits per heavy atom. The van der Waals surface area contributed by atoms with Crippen LogP contribution in [0.25, 0.3) is 0 Å². The topological polar surface area (TPSA) is 88.3 Å². The maximum atomic E-state index is 12.6. The third-order valence-corrected chi connectivity index (χ3v) is 5.14. The fraction of sp³-hybridized carbons (Fsp3) is 0.222. The van der Waals surface area contributed by atoms with Crippen LogP contribution in [0.4, 0.5) is 0 Å². The molecule has 3 heterocycles. The lowest BCUT2D eigenvalue weighted by atomic mass is 10.2. The Morgan fingerprint density at radius 3 is 2.81 bits per heavy atom. The fourth-order valence-corrected chi connectivity index (χ4v) is 3.78. The Balaban J connectivity index is 1.46. The van der Waals surface area contributed by atoms with Crippen LogP contribution in [0.2, 0.25) is 0 Å². The molecule has 0 atom stereocenters. The van der Waals surface area contributed by atoms with Gasteiger partial charge >= 0.3 is 5.97 Å². The van der Waals surface area contributed by atoms with Gasteiger partial charge in [0.1, 0.15) is 5.69 Å². The SMILES string of the molecule is O=C(O)c1cc2n(n1)CCN(Cc1csc(Cc3ccccc3)n1)C2=O. The van der Waals surface area contributed by atoms with E-state index in [1.165, 1.54) is 16.3 Å². The van der Waals surface area contributed by atoms with E-state index in [0.717, 1.165) is 17.1 Å². The second-order valence-corrected chi connectivity index (χ2v) is 7.01. The molecule has 26 heavy (non-hydrogen) atoms. The normalized spacial score (nSPS) is 13.7. The molecule has 1 amide bonds. The first-order chi connectivity index (χ1) is 12.6. The molecule has 1 aliphatic rings. The van der Waals surface area contributed by atoms with Gasteiger partial charge < -0.3 is 10.0 Å². The van der Waals surface area contributed by atoms with E-state index in [1.54, 1.807) is 16.2 Å². The van der Waals surface area contributed by atoms with Crippen LogP contribution in [0.5, 0.6) is 0 Å². The van der Waals surface area contributed by atoms with E-state index in [-0.39, 0.29) is 11.6 Å². The van der Waals surface area contributed by atoms with Crippen LogP contribution in [0.1, 0.15) is 37.2 Å². The van der Waals surface area contributed by atoms with Crippen molar-refractivity contribution in [2.75, 3.05) is 6.54 Å². The number of thiazole rings is 1. The number of nitrogens with zero attached hydrogens (tertiary/aromatic N) is 4. The molecule has 0 spiro atoms. The summed E-state index contributed by atoms with van der Waals surface area (Å²) < 4.78 is 1.46. The third kappa shape index (κ3) is 3.23. The molecular weight excluding hydrogens is 352 g/mol. The summed E-state index contributed by atoms with van der Waals surface area (Å²) in [5, 5.41) is 16.0. The van der Waals surface area contributed by atoms with Gasteiger partial charge in [0.05, 0.1) is 23.8 Å². The molecule has 0 radical (unpaired) electrons. The molecule has 2 aromatic heterocycles. The Bertz CT molecular complexity index is 964. The van der Waals surface area contributed by atoms with E-state index in [2.05, 4.69) is 22.2 Å². The number of carbonyl (C=O) groups is 2. The number of carboxylic acids is 1. The van der Waals surface area contributed by atoms with Gasteiger partial charge in [0.15, 0.2) is 5.69 Å². The highest BCUT2D eigenvalue weighted by molar-refractivity contribution is 7.09. The number of carbonyl (C=O) groups excluding carboxylic acids is 1. The van der Waals surface area contributed by atoms with Crippen LogP contribution >= 0.6 is 11.3 Å². The van der Waals surface area contributed by atoms with Crippen molar-refractivity contribution in [1.29, 1.82) is 0 Å². The summed E-state index contributed by atoms with van der Waals surface area (Å²) in [6.07, 6.45) is 0.772. The number of fused-ring (bicyclic) bond motifs is 1. The van der Waals surface area contributed by atoms with E-state index in [9.17, 15) is 9.59 Å². The zero-order valence-corrected chi connectivity index (χ0v) is 14.6. The molecule has 7 nitrogen and oxygen atoms in total. The third-order valence-electron chi connectivity index (χ3n) is 4.24. The molecule has 0 saturated heterocycles. The van der Waals surface area contributed by atoms with Gasteiger partial charge in [0, 0.05) is 24.4 Å². The largest absolute Gasteiger partial charge is 0.476 e.